The van der Waals surface area contributed by atoms with Crippen molar-refractivity contribution in [2.75, 3.05) is 18.8 Å². The number of unbranched alkanes of at least 4 members (excludes halogenated alkanes) is 1. The van der Waals surface area contributed by atoms with Gasteiger partial charge in [-0.15, -0.1) is 11.8 Å². The van der Waals surface area contributed by atoms with Gasteiger partial charge in [0.05, 0.1) is 28.7 Å². The first-order chi connectivity index (χ1) is 16.0. The van der Waals surface area contributed by atoms with Gasteiger partial charge in [0.25, 0.3) is 0 Å². The maximum atomic E-state index is 10.6. The second kappa shape index (κ2) is 14.0. The standard InChI is InChI=1S/C25H34N2O3S3/c28-25(29)11-7-2-1-6-10-19-20(22-13-12-21(19)30-22)16-26-24(32)17-27-23(31)14-15-33-18-8-4-3-5-9-18/h1,3-6,8-9,19-22H,2,7,10-17H2,(H,26,32)(H,27,31)(H,28,29)/t19-,20+,21-,22+/m0/s1. The van der Waals surface area contributed by atoms with Gasteiger partial charge in [-0.05, 0) is 50.2 Å². The first kappa shape index (κ1) is 26.1. The summed E-state index contributed by atoms with van der Waals surface area (Å²) in [6.07, 6.45) is 10.8. The number of hydrogen-bond donors (Lipinski definition) is 3. The fourth-order valence-corrected chi connectivity index (χ4v) is 5.91. The number of hydrogen-bond acceptors (Lipinski definition) is 5. The number of carboxylic acid groups (broad SMARTS) is 1. The van der Waals surface area contributed by atoms with Crippen LogP contribution >= 0.6 is 36.2 Å². The van der Waals surface area contributed by atoms with Crippen LogP contribution in [0.5, 0.6) is 0 Å². The summed E-state index contributed by atoms with van der Waals surface area (Å²) in [5.41, 5.74) is 0. The van der Waals surface area contributed by atoms with Gasteiger partial charge >= 0.3 is 5.97 Å². The van der Waals surface area contributed by atoms with Crippen molar-refractivity contribution >= 4 is 52.1 Å². The lowest BCUT2D eigenvalue weighted by molar-refractivity contribution is -0.137. The van der Waals surface area contributed by atoms with E-state index in [9.17, 15) is 4.79 Å². The molecule has 5 nitrogen and oxygen atoms in total. The van der Waals surface area contributed by atoms with Gasteiger partial charge in [-0.2, -0.15) is 0 Å². The Labute approximate surface area is 212 Å². The lowest BCUT2D eigenvalue weighted by atomic mass is 9.77. The first-order valence-electron chi connectivity index (χ1n) is 11.8. The third-order valence-electron chi connectivity index (χ3n) is 6.25. The average molecular weight is 507 g/mol. The van der Waals surface area contributed by atoms with Crippen LogP contribution in [0.4, 0.5) is 0 Å². The van der Waals surface area contributed by atoms with E-state index in [2.05, 4.69) is 34.9 Å². The van der Waals surface area contributed by atoms with Crippen LogP contribution in [0.25, 0.3) is 0 Å². The van der Waals surface area contributed by atoms with Gasteiger partial charge in [0, 0.05) is 36.0 Å². The Morgan fingerprint density at radius 2 is 1.82 bits per heavy atom. The minimum Gasteiger partial charge on any atom is -0.481 e. The summed E-state index contributed by atoms with van der Waals surface area (Å²) in [4.78, 5) is 13.5. The highest BCUT2D eigenvalue weighted by Gasteiger charge is 2.47. The molecule has 0 unspecified atom stereocenters. The Kier molecular flexibility index (Phi) is 11.1. The van der Waals surface area contributed by atoms with Crippen molar-refractivity contribution in [2.24, 2.45) is 11.8 Å². The van der Waals surface area contributed by atoms with Crippen molar-refractivity contribution < 1.29 is 14.6 Å². The molecule has 3 rings (SSSR count). The quantitative estimate of drug-likeness (QED) is 0.141. The molecule has 2 fully saturated rings. The average Bonchev–Trinajstić information content (AvgIpc) is 3.41. The lowest BCUT2D eigenvalue weighted by Gasteiger charge is -2.28. The number of thioether (sulfide) groups is 1. The van der Waals surface area contributed by atoms with Gasteiger partial charge in [-0.1, -0.05) is 54.8 Å². The number of thiocarbonyl (C=S) groups is 2. The number of ether oxygens (including phenoxy) is 1. The van der Waals surface area contributed by atoms with Crippen LogP contribution in [0.2, 0.25) is 0 Å². The topological polar surface area (TPSA) is 70.6 Å². The van der Waals surface area contributed by atoms with E-state index in [-0.39, 0.29) is 6.42 Å². The highest BCUT2D eigenvalue weighted by atomic mass is 32.2. The predicted molar refractivity (Wildman–Crippen MR) is 143 cm³/mol. The van der Waals surface area contributed by atoms with Crippen molar-refractivity contribution in [2.45, 2.75) is 62.0 Å². The zero-order valence-electron chi connectivity index (χ0n) is 18.9. The molecular weight excluding hydrogens is 472 g/mol. The summed E-state index contributed by atoms with van der Waals surface area (Å²) in [6.45, 7) is 1.40. The minimum absolute atomic E-state index is 0.231. The number of carboxylic acids is 1. The molecule has 180 valence electrons. The SMILES string of the molecule is O=C(O)CCCC=CC[C@H]1[C@@H](CNC(=S)CNC(=S)CCSc2ccccc2)[C@H]2CC[C@@H]1O2. The Bertz CT molecular complexity index is 818. The Morgan fingerprint density at radius 1 is 1.06 bits per heavy atom. The molecule has 8 heteroatoms. The molecule has 4 atom stereocenters. The van der Waals surface area contributed by atoms with Crippen molar-refractivity contribution in [1.29, 1.82) is 0 Å². The van der Waals surface area contributed by atoms with E-state index in [1.165, 1.54) is 4.90 Å². The van der Waals surface area contributed by atoms with Gasteiger partial charge in [0.2, 0.25) is 0 Å². The van der Waals surface area contributed by atoms with Crippen molar-refractivity contribution in [1.82, 2.24) is 10.6 Å². The molecule has 0 spiro atoms. The van der Waals surface area contributed by atoms with E-state index in [0.29, 0.717) is 37.0 Å². The highest BCUT2D eigenvalue weighted by Crippen LogP contribution is 2.44. The largest absolute Gasteiger partial charge is 0.481 e. The fraction of sp³-hybridized carbons (Fsp3) is 0.560. The number of allylic oxidation sites excluding steroid dienone is 2. The summed E-state index contributed by atoms with van der Waals surface area (Å²) in [5.74, 6) is 1.18. The van der Waals surface area contributed by atoms with E-state index in [0.717, 1.165) is 54.4 Å². The second-order valence-electron chi connectivity index (χ2n) is 8.60. The molecule has 2 bridgehead atoms. The summed E-state index contributed by atoms with van der Waals surface area (Å²) < 4.78 is 6.18. The van der Waals surface area contributed by atoms with E-state index in [4.69, 9.17) is 34.3 Å². The summed E-state index contributed by atoms with van der Waals surface area (Å²) in [5, 5.41) is 15.4. The van der Waals surface area contributed by atoms with E-state index in [1.807, 2.05) is 30.0 Å². The number of carbonyl (C=O) groups is 1. The minimum atomic E-state index is -0.728. The van der Waals surface area contributed by atoms with Gasteiger partial charge in [0.15, 0.2) is 0 Å². The Morgan fingerprint density at radius 3 is 2.58 bits per heavy atom. The first-order valence-corrected chi connectivity index (χ1v) is 13.6. The molecule has 0 radical (unpaired) electrons. The molecule has 0 aromatic heterocycles. The van der Waals surface area contributed by atoms with Crippen LogP contribution in [0.15, 0.2) is 47.4 Å². The summed E-state index contributed by atoms with van der Waals surface area (Å²) in [7, 11) is 0. The van der Waals surface area contributed by atoms with Gasteiger partial charge in [-0.25, -0.2) is 0 Å². The molecule has 0 saturated carbocycles. The molecule has 2 heterocycles. The van der Waals surface area contributed by atoms with Gasteiger partial charge in [0.1, 0.15) is 0 Å². The van der Waals surface area contributed by atoms with Crippen molar-refractivity contribution in [3.63, 3.8) is 0 Å². The molecule has 1 aromatic carbocycles. The van der Waals surface area contributed by atoms with E-state index < -0.39 is 5.97 Å². The normalized spacial score (nSPS) is 23.6. The number of aliphatic carboxylic acids is 1. The zero-order chi connectivity index (χ0) is 23.5. The van der Waals surface area contributed by atoms with Crippen LogP contribution in [-0.2, 0) is 9.53 Å². The maximum Gasteiger partial charge on any atom is 0.303 e. The maximum absolute atomic E-state index is 10.6. The molecule has 2 aliphatic heterocycles. The van der Waals surface area contributed by atoms with Crippen LogP contribution in [0.1, 0.15) is 44.9 Å². The molecule has 0 amide bonds. The molecule has 2 saturated heterocycles. The Balaban J connectivity index is 1.32. The highest BCUT2D eigenvalue weighted by molar-refractivity contribution is 7.99. The molecule has 1 aromatic rings. The summed E-state index contributed by atoms with van der Waals surface area (Å²) in [6, 6.07) is 10.3. The lowest BCUT2D eigenvalue weighted by Crippen LogP contribution is -2.41. The Hall–Kier alpha value is -1.48. The van der Waals surface area contributed by atoms with Gasteiger partial charge < -0.3 is 20.5 Å². The summed E-state index contributed by atoms with van der Waals surface area (Å²) >= 11 is 12.8. The van der Waals surface area contributed by atoms with E-state index in [1.54, 1.807) is 0 Å². The predicted octanol–water partition coefficient (Wildman–Crippen LogP) is 5.00. The number of fused-ring (bicyclic) bond motifs is 2. The number of nitrogens with one attached hydrogen (secondary N) is 2. The molecular formula is C25H34N2O3S3. The van der Waals surface area contributed by atoms with E-state index >= 15 is 0 Å². The fourth-order valence-electron chi connectivity index (χ4n) is 4.56. The number of rotatable bonds is 14. The molecule has 2 aliphatic rings. The third kappa shape index (κ3) is 9.00. The molecule has 0 aliphatic carbocycles. The molecule has 3 N–H and O–H groups in total. The monoisotopic (exact) mass is 506 g/mol. The smallest absolute Gasteiger partial charge is 0.303 e. The second-order valence-corrected chi connectivity index (χ2v) is 10.8. The van der Waals surface area contributed by atoms with Crippen LogP contribution in [-0.4, -0.2) is 52.1 Å². The van der Waals surface area contributed by atoms with Crippen LogP contribution in [0.3, 0.4) is 0 Å². The van der Waals surface area contributed by atoms with Crippen LogP contribution in [0, 0.1) is 11.8 Å². The zero-order valence-corrected chi connectivity index (χ0v) is 21.4. The van der Waals surface area contributed by atoms with Crippen molar-refractivity contribution in [3.8, 4) is 0 Å². The molecule has 33 heavy (non-hydrogen) atoms. The van der Waals surface area contributed by atoms with Crippen molar-refractivity contribution in [3.05, 3.63) is 42.5 Å². The third-order valence-corrected chi connectivity index (χ3v) is 7.90. The van der Waals surface area contributed by atoms with Gasteiger partial charge in [-0.3, -0.25) is 4.79 Å². The van der Waals surface area contributed by atoms with Crippen LogP contribution < -0.4 is 10.6 Å². The number of benzene rings is 1.